The van der Waals surface area contributed by atoms with Gasteiger partial charge < -0.3 is 15.4 Å². The first-order valence-corrected chi connectivity index (χ1v) is 8.86. The van der Waals surface area contributed by atoms with Gasteiger partial charge in [0.2, 0.25) is 5.91 Å². The summed E-state index contributed by atoms with van der Waals surface area (Å²) < 4.78 is 5.58. The summed E-state index contributed by atoms with van der Waals surface area (Å²) in [6, 6.07) is 12.7. The van der Waals surface area contributed by atoms with Crippen LogP contribution in [0.5, 0.6) is 5.75 Å². The highest BCUT2D eigenvalue weighted by Gasteiger charge is 2.07. The second-order valence-corrected chi connectivity index (χ2v) is 6.64. The van der Waals surface area contributed by atoms with Gasteiger partial charge in [-0.1, -0.05) is 40.9 Å². The van der Waals surface area contributed by atoms with Gasteiger partial charge in [0, 0.05) is 11.4 Å². The highest BCUT2D eigenvalue weighted by molar-refractivity contribution is 7.80. The molecule has 2 N–H and O–H groups in total. The molecule has 0 saturated heterocycles. The van der Waals surface area contributed by atoms with E-state index in [0.717, 1.165) is 5.75 Å². The number of ether oxygens (including phenoxy) is 1. The van der Waals surface area contributed by atoms with Crippen LogP contribution in [0.4, 0.5) is 5.69 Å². The summed E-state index contributed by atoms with van der Waals surface area (Å²) in [5.74, 6) is 0.607. The molecule has 2 rings (SSSR count). The Hall–Kier alpha value is -1.82. The predicted octanol–water partition coefficient (Wildman–Crippen LogP) is 4.97. The SMILES string of the molecule is Cc1ccc(OCCCC(=O)NC(=S)Nc2ccc(Cl)cc2Cl)cc1. The van der Waals surface area contributed by atoms with Crippen LogP contribution in [0.15, 0.2) is 42.5 Å². The molecule has 25 heavy (non-hydrogen) atoms. The summed E-state index contributed by atoms with van der Waals surface area (Å²) >= 11 is 17.0. The molecule has 0 aliphatic heterocycles. The number of benzene rings is 2. The number of hydrogen-bond donors (Lipinski definition) is 2. The van der Waals surface area contributed by atoms with Gasteiger partial charge in [0.25, 0.3) is 0 Å². The third-order valence-corrected chi connectivity index (χ3v) is 4.02. The van der Waals surface area contributed by atoms with Crippen LogP contribution in [0.3, 0.4) is 0 Å². The summed E-state index contributed by atoms with van der Waals surface area (Å²) in [4.78, 5) is 11.9. The average molecular weight is 397 g/mol. The molecular weight excluding hydrogens is 379 g/mol. The summed E-state index contributed by atoms with van der Waals surface area (Å²) in [5.41, 5.74) is 1.76. The van der Waals surface area contributed by atoms with Crippen LogP contribution in [0.25, 0.3) is 0 Å². The summed E-state index contributed by atoms with van der Waals surface area (Å²) in [7, 11) is 0. The molecule has 0 aromatic heterocycles. The first-order chi connectivity index (χ1) is 11.9. The lowest BCUT2D eigenvalue weighted by atomic mass is 10.2. The maximum absolute atomic E-state index is 11.9. The predicted molar refractivity (Wildman–Crippen MR) is 107 cm³/mol. The van der Waals surface area contributed by atoms with Crippen LogP contribution in [0.2, 0.25) is 10.0 Å². The largest absolute Gasteiger partial charge is 0.494 e. The Balaban J connectivity index is 1.69. The van der Waals surface area contributed by atoms with Crippen molar-refractivity contribution >= 4 is 52.1 Å². The third kappa shape index (κ3) is 6.90. The molecule has 7 heteroatoms. The van der Waals surface area contributed by atoms with Crippen molar-refractivity contribution in [1.29, 1.82) is 0 Å². The number of nitrogens with one attached hydrogen (secondary N) is 2. The molecule has 132 valence electrons. The van der Waals surface area contributed by atoms with E-state index in [2.05, 4.69) is 10.6 Å². The van der Waals surface area contributed by atoms with Crippen LogP contribution in [0, 0.1) is 6.92 Å². The van der Waals surface area contributed by atoms with E-state index in [1.54, 1.807) is 18.2 Å². The van der Waals surface area contributed by atoms with Gasteiger partial charge in [0.1, 0.15) is 5.75 Å². The average Bonchev–Trinajstić information content (AvgIpc) is 2.56. The van der Waals surface area contributed by atoms with E-state index in [4.69, 9.17) is 40.2 Å². The first-order valence-electron chi connectivity index (χ1n) is 7.69. The Kier molecular flexibility index (Phi) is 7.50. The molecule has 0 saturated carbocycles. The molecule has 0 atom stereocenters. The second-order valence-electron chi connectivity index (χ2n) is 5.39. The van der Waals surface area contributed by atoms with Gasteiger partial charge >= 0.3 is 0 Å². The van der Waals surface area contributed by atoms with Crippen molar-refractivity contribution in [2.45, 2.75) is 19.8 Å². The Morgan fingerprint density at radius 1 is 1.16 bits per heavy atom. The minimum Gasteiger partial charge on any atom is -0.494 e. The quantitative estimate of drug-likeness (QED) is 0.534. The monoisotopic (exact) mass is 396 g/mol. The molecule has 0 radical (unpaired) electrons. The van der Waals surface area contributed by atoms with Crippen molar-refractivity contribution < 1.29 is 9.53 Å². The van der Waals surface area contributed by atoms with Crippen LogP contribution < -0.4 is 15.4 Å². The summed E-state index contributed by atoms with van der Waals surface area (Å²) in [6.45, 7) is 2.47. The molecule has 0 fully saturated rings. The fraction of sp³-hybridized carbons (Fsp3) is 0.222. The molecule has 2 aromatic carbocycles. The number of halogens is 2. The number of aryl methyl sites for hydroxylation is 1. The van der Waals surface area contributed by atoms with Gasteiger partial charge in [-0.25, -0.2) is 0 Å². The Morgan fingerprint density at radius 2 is 1.88 bits per heavy atom. The van der Waals surface area contributed by atoms with Gasteiger partial charge in [-0.05, 0) is 55.9 Å². The zero-order valence-electron chi connectivity index (χ0n) is 13.6. The molecule has 0 unspecified atom stereocenters. The van der Waals surface area contributed by atoms with E-state index >= 15 is 0 Å². The molecule has 2 aromatic rings. The van der Waals surface area contributed by atoms with Crippen molar-refractivity contribution in [3.05, 3.63) is 58.1 Å². The van der Waals surface area contributed by atoms with Crippen LogP contribution in [-0.2, 0) is 4.79 Å². The zero-order valence-corrected chi connectivity index (χ0v) is 16.0. The lowest BCUT2D eigenvalue weighted by Gasteiger charge is -2.11. The van der Waals surface area contributed by atoms with E-state index in [1.165, 1.54) is 5.56 Å². The number of rotatable bonds is 6. The van der Waals surface area contributed by atoms with Crippen molar-refractivity contribution in [2.24, 2.45) is 0 Å². The maximum atomic E-state index is 11.9. The van der Waals surface area contributed by atoms with Gasteiger partial charge in [0.15, 0.2) is 5.11 Å². The molecule has 1 amide bonds. The van der Waals surface area contributed by atoms with Crippen LogP contribution in [0.1, 0.15) is 18.4 Å². The maximum Gasteiger partial charge on any atom is 0.226 e. The number of amides is 1. The van der Waals surface area contributed by atoms with Crippen molar-refractivity contribution in [3.63, 3.8) is 0 Å². The number of carbonyl (C=O) groups excluding carboxylic acids is 1. The summed E-state index contributed by atoms with van der Waals surface area (Å²) in [5, 5.41) is 6.62. The molecule has 0 aliphatic rings. The zero-order chi connectivity index (χ0) is 18.2. The summed E-state index contributed by atoms with van der Waals surface area (Å²) in [6.07, 6.45) is 0.895. The molecule has 0 bridgehead atoms. The number of thiocarbonyl (C=S) groups is 1. The fourth-order valence-corrected chi connectivity index (χ4v) is 2.67. The Bertz CT molecular complexity index is 751. The fourth-order valence-electron chi connectivity index (χ4n) is 1.99. The first kappa shape index (κ1) is 19.5. The van der Waals surface area contributed by atoms with Gasteiger partial charge in [-0.15, -0.1) is 0 Å². The number of anilines is 1. The second kappa shape index (κ2) is 9.61. The van der Waals surface area contributed by atoms with E-state index in [9.17, 15) is 4.79 Å². The van der Waals surface area contributed by atoms with Gasteiger partial charge in [-0.3, -0.25) is 4.79 Å². The van der Waals surface area contributed by atoms with E-state index in [-0.39, 0.29) is 11.0 Å². The van der Waals surface area contributed by atoms with Gasteiger partial charge in [-0.2, -0.15) is 0 Å². The van der Waals surface area contributed by atoms with E-state index in [1.807, 2.05) is 31.2 Å². The number of carbonyl (C=O) groups is 1. The van der Waals surface area contributed by atoms with Crippen LogP contribution in [-0.4, -0.2) is 17.6 Å². The standard InChI is InChI=1S/C18H18Cl2N2O2S/c1-12-4-7-14(8-5-12)24-10-2-3-17(23)22-18(25)21-16-9-6-13(19)11-15(16)20/h4-9,11H,2-3,10H2,1H3,(H2,21,22,23,25). The Labute approximate surface area is 162 Å². The minimum atomic E-state index is -0.185. The molecule has 4 nitrogen and oxygen atoms in total. The van der Waals surface area contributed by atoms with Crippen molar-refractivity contribution in [3.8, 4) is 5.75 Å². The smallest absolute Gasteiger partial charge is 0.226 e. The van der Waals surface area contributed by atoms with Crippen molar-refractivity contribution in [2.75, 3.05) is 11.9 Å². The highest BCUT2D eigenvalue weighted by atomic mass is 35.5. The molecule has 0 spiro atoms. The lowest BCUT2D eigenvalue weighted by Crippen LogP contribution is -2.34. The van der Waals surface area contributed by atoms with Gasteiger partial charge in [0.05, 0.1) is 17.3 Å². The lowest BCUT2D eigenvalue weighted by molar-refractivity contribution is -0.119. The minimum absolute atomic E-state index is 0.185. The van der Waals surface area contributed by atoms with E-state index < -0.39 is 0 Å². The molecule has 0 aliphatic carbocycles. The topological polar surface area (TPSA) is 50.4 Å². The van der Waals surface area contributed by atoms with E-state index in [0.29, 0.717) is 35.2 Å². The Morgan fingerprint density at radius 3 is 2.56 bits per heavy atom. The molecule has 0 heterocycles. The highest BCUT2D eigenvalue weighted by Crippen LogP contribution is 2.25. The normalized spacial score (nSPS) is 10.2. The van der Waals surface area contributed by atoms with Crippen molar-refractivity contribution in [1.82, 2.24) is 5.32 Å². The molecular formula is C18H18Cl2N2O2S. The van der Waals surface area contributed by atoms with Crippen LogP contribution >= 0.6 is 35.4 Å². The number of hydrogen-bond acceptors (Lipinski definition) is 3. The third-order valence-electron chi connectivity index (χ3n) is 3.27.